The third-order valence-electron chi connectivity index (χ3n) is 5.31. The summed E-state index contributed by atoms with van der Waals surface area (Å²) in [7, 11) is 1.89. The molecule has 1 aliphatic heterocycles. The van der Waals surface area contributed by atoms with Gasteiger partial charge < -0.3 is 15.1 Å². The van der Waals surface area contributed by atoms with Crippen molar-refractivity contribution in [1.82, 2.24) is 14.9 Å². The van der Waals surface area contributed by atoms with Crippen LogP contribution in [0.1, 0.15) is 38.2 Å². The van der Waals surface area contributed by atoms with Gasteiger partial charge in [-0.05, 0) is 37.7 Å². The van der Waals surface area contributed by atoms with Gasteiger partial charge in [0.25, 0.3) is 0 Å². The van der Waals surface area contributed by atoms with Gasteiger partial charge in [0, 0.05) is 45.7 Å². The van der Waals surface area contributed by atoms with Gasteiger partial charge in [0.1, 0.15) is 18.0 Å². The van der Waals surface area contributed by atoms with Crippen LogP contribution in [0, 0.1) is 5.92 Å². The van der Waals surface area contributed by atoms with Gasteiger partial charge in [-0.1, -0.05) is 30.3 Å². The van der Waals surface area contributed by atoms with Crippen LogP contribution in [-0.2, 0) is 11.3 Å². The van der Waals surface area contributed by atoms with Gasteiger partial charge in [-0.25, -0.2) is 9.97 Å². The van der Waals surface area contributed by atoms with E-state index in [4.69, 9.17) is 0 Å². The molecule has 1 aromatic heterocycles. The Bertz CT molecular complexity index is 752. The van der Waals surface area contributed by atoms with Crippen LogP contribution in [0.4, 0.5) is 11.6 Å². The number of anilines is 2. The maximum absolute atomic E-state index is 12.5. The molecule has 1 fully saturated rings. The molecule has 6 heteroatoms. The van der Waals surface area contributed by atoms with Crippen LogP contribution in [-0.4, -0.2) is 47.5 Å². The summed E-state index contributed by atoms with van der Waals surface area (Å²) in [5, 5.41) is 3.24. The van der Waals surface area contributed by atoms with E-state index < -0.39 is 0 Å². The molecule has 1 amide bonds. The van der Waals surface area contributed by atoms with Crippen molar-refractivity contribution in [1.29, 1.82) is 0 Å². The molecule has 150 valence electrons. The van der Waals surface area contributed by atoms with Crippen LogP contribution in [0.25, 0.3) is 0 Å². The molecule has 0 bridgehead atoms. The molecule has 1 atom stereocenters. The van der Waals surface area contributed by atoms with E-state index in [2.05, 4.69) is 39.2 Å². The van der Waals surface area contributed by atoms with Crippen molar-refractivity contribution >= 4 is 17.5 Å². The van der Waals surface area contributed by atoms with E-state index >= 15 is 0 Å². The lowest BCUT2D eigenvalue weighted by Gasteiger charge is -2.33. The Balaban J connectivity index is 1.49. The maximum atomic E-state index is 12.5. The summed E-state index contributed by atoms with van der Waals surface area (Å²) in [6, 6.07) is 12.2. The summed E-state index contributed by atoms with van der Waals surface area (Å²) in [4.78, 5) is 25.4. The first-order chi connectivity index (χ1) is 13.7. The first-order valence-corrected chi connectivity index (χ1v) is 10.2. The van der Waals surface area contributed by atoms with Gasteiger partial charge in [-0.2, -0.15) is 0 Å². The monoisotopic (exact) mass is 381 g/mol. The minimum absolute atomic E-state index is 0.220. The Hall–Kier alpha value is -2.63. The van der Waals surface area contributed by atoms with E-state index in [0.717, 1.165) is 44.1 Å². The van der Waals surface area contributed by atoms with E-state index in [1.807, 2.05) is 36.2 Å². The van der Waals surface area contributed by atoms with Crippen LogP contribution in [0.3, 0.4) is 0 Å². The number of hydrogen-bond acceptors (Lipinski definition) is 5. The molecule has 0 spiro atoms. The molecule has 28 heavy (non-hydrogen) atoms. The van der Waals surface area contributed by atoms with Crippen LogP contribution in [0.5, 0.6) is 0 Å². The molecule has 2 aromatic rings. The van der Waals surface area contributed by atoms with Gasteiger partial charge >= 0.3 is 0 Å². The second-order valence-electron chi connectivity index (χ2n) is 7.52. The number of hydrogen-bond donors (Lipinski definition) is 1. The number of piperidine rings is 1. The standard InChI is InChI=1S/C22H31N5O/c1-3-23-20-14-21(25-17-24-20)27-13-7-10-19(16-27)11-12-22(28)26(2)15-18-8-5-4-6-9-18/h4-6,8-9,14,17,19H,3,7,10-13,15-16H2,1-2H3,(H,23,24,25). The smallest absolute Gasteiger partial charge is 0.222 e. The number of nitrogens with one attached hydrogen (secondary N) is 1. The number of benzene rings is 1. The minimum atomic E-state index is 0.220. The largest absolute Gasteiger partial charge is 0.370 e. The average Bonchev–Trinajstić information content (AvgIpc) is 2.73. The van der Waals surface area contributed by atoms with Gasteiger partial charge in [0.2, 0.25) is 5.91 Å². The van der Waals surface area contributed by atoms with Crippen molar-refractivity contribution in [2.24, 2.45) is 5.92 Å². The predicted molar refractivity (Wildman–Crippen MR) is 113 cm³/mol. The number of amides is 1. The molecule has 0 radical (unpaired) electrons. The summed E-state index contributed by atoms with van der Waals surface area (Å²) >= 11 is 0. The Kier molecular flexibility index (Phi) is 7.23. The third-order valence-corrected chi connectivity index (χ3v) is 5.31. The molecule has 1 N–H and O–H groups in total. The van der Waals surface area contributed by atoms with Crippen molar-refractivity contribution in [3.05, 3.63) is 48.3 Å². The highest BCUT2D eigenvalue weighted by Crippen LogP contribution is 2.25. The van der Waals surface area contributed by atoms with Crippen molar-refractivity contribution < 1.29 is 4.79 Å². The topological polar surface area (TPSA) is 61.4 Å². The molecule has 0 aliphatic carbocycles. The lowest BCUT2D eigenvalue weighted by molar-refractivity contribution is -0.130. The Morgan fingerprint density at radius 3 is 2.89 bits per heavy atom. The summed E-state index contributed by atoms with van der Waals surface area (Å²) in [6.07, 6.45) is 5.48. The summed E-state index contributed by atoms with van der Waals surface area (Å²) in [5.74, 6) is 2.59. The lowest BCUT2D eigenvalue weighted by atomic mass is 9.93. The quantitative estimate of drug-likeness (QED) is 0.757. The van der Waals surface area contributed by atoms with Crippen molar-refractivity contribution in [2.75, 3.05) is 36.9 Å². The molecular weight excluding hydrogens is 350 g/mol. The maximum Gasteiger partial charge on any atom is 0.222 e. The van der Waals surface area contributed by atoms with Gasteiger partial charge in [-0.15, -0.1) is 0 Å². The van der Waals surface area contributed by atoms with Crippen molar-refractivity contribution in [3.63, 3.8) is 0 Å². The fourth-order valence-corrected chi connectivity index (χ4v) is 3.77. The Labute approximate surface area is 168 Å². The van der Waals surface area contributed by atoms with E-state index in [1.165, 1.54) is 12.0 Å². The molecular formula is C22H31N5O. The molecule has 0 saturated carbocycles. The van der Waals surface area contributed by atoms with Gasteiger partial charge in [-0.3, -0.25) is 4.79 Å². The number of rotatable bonds is 8. The summed E-state index contributed by atoms with van der Waals surface area (Å²) in [5.41, 5.74) is 1.17. The van der Waals surface area contributed by atoms with E-state index in [-0.39, 0.29) is 5.91 Å². The molecule has 2 heterocycles. The summed E-state index contributed by atoms with van der Waals surface area (Å²) < 4.78 is 0. The normalized spacial score (nSPS) is 16.6. The van der Waals surface area contributed by atoms with Crippen LogP contribution < -0.4 is 10.2 Å². The zero-order chi connectivity index (χ0) is 19.8. The Morgan fingerprint density at radius 1 is 1.29 bits per heavy atom. The van der Waals surface area contributed by atoms with Crippen molar-refractivity contribution in [3.8, 4) is 0 Å². The number of nitrogens with zero attached hydrogens (tertiary/aromatic N) is 4. The molecule has 3 rings (SSSR count). The molecule has 6 nitrogen and oxygen atoms in total. The van der Waals surface area contributed by atoms with Crippen LogP contribution in [0.15, 0.2) is 42.7 Å². The molecule has 1 saturated heterocycles. The fraction of sp³-hybridized carbons (Fsp3) is 0.500. The van der Waals surface area contributed by atoms with Crippen molar-refractivity contribution in [2.45, 2.75) is 39.2 Å². The number of carbonyl (C=O) groups excluding carboxylic acids is 1. The molecule has 1 aromatic carbocycles. The minimum Gasteiger partial charge on any atom is -0.370 e. The highest BCUT2D eigenvalue weighted by Gasteiger charge is 2.22. The number of carbonyl (C=O) groups is 1. The first-order valence-electron chi connectivity index (χ1n) is 10.2. The second-order valence-corrected chi connectivity index (χ2v) is 7.52. The highest BCUT2D eigenvalue weighted by atomic mass is 16.2. The molecule has 1 unspecified atom stereocenters. The van der Waals surface area contributed by atoms with E-state index in [9.17, 15) is 4.79 Å². The fourth-order valence-electron chi connectivity index (χ4n) is 3.77. The molecule has 1 aliphatic rings. The van der Waals surface area contributed by atoms with Gasteiger partial charge in [0.05, 0.1) is 0 Å². The predicted octanol–water partition coefficient (Wildman–Crippen LogP) is 3.56. The van der Waals surface area contributed by atoms with E-state index in [1.54, 1.807) is 6.33 Å². The zero-order valence-corrected chi connectivity index (χ0v) is 17.0. The zero-order valence-electron chi connectivity index (χ0n) is 17.0. The highest BCUT2D eigenvalue weighted by molar-refractivity contribution is 5.75. The van der Waals surface area contributed by atoms with Crippen LogP contribution in [0.2, 0.25) is 0 Å². The van der Waals surface area contributed by atoms with E-state index in [0.29, 0.717) is 18.9 Å². The second kappa shape index (κ2) is 10.1. The average molecular weight is 382 g/mol. The SMILES string of the molecule is CCNc1cc(N2CCCC(CCC(=O)N(C)Cc3ccccc3)C2)ncn1. The Morgan fingerprint density at radius 2 is 2.11 bits per heavy atom. The summed E-state index contributed by atoms with van der Waals surface area (Å²) in [6.45, 7) is 5.55. The lowest BCUT2D eigenvalue weighted by Crippen LogP contribution is -2.36. The number of aromatic nitrogens is 2. The van der Waals surface area contributed by atoms with Gasteiger partial charge in [0.15, 0.2) is 0 Å². The first kappa shape index (κ1) is 20.1. The van der Waals surface area contributed by atoms with Crippen LogP contribution >= 0.6 is 0 Å². The third kappa shape index (κ3) is 5.68.